The Morgan fingerprint density at radius 1 is 0.775 bits per heavy atom. The number of aryl methyl sites for hydroxylation is 1. The Balaban J connectivity index is 1.70. The number of amides is 2. The first-order valence-electron chi connectivity index (χ1n) is 13.1. The zero-order valence-corrected chi connectivity index (χ0v) is 22.2. The SMILES string of the molecule is COc1ccc(C2C(C(=O)c3ccccc3)C(c3ccccc3)C(C(=O)O)N2C(=O)Nc2ccc(C)cc2)cc1. The number of rotatable bonds is 7. The summed E-state index contributed by atoms with van der Waals surface area (Å²) in [4.78, 5) is 42.7. The smallest absolute Gasteiger partial charge is 0.327 e. The lowest BCUT2D eigenvalue weighted by molar-refractivity contribution is -0.142. The van der Waals surface area contributed by atoms with Crippen LogP contribution in [0.5, 0.6) is 5.75 Å². The van der Waals surface area contributed by atoms with Crippen LogP contribution < -0.4 is 10.1 Å². The third kappa shape index (κ3) is 5.18. The van der Waals surface area contributed by atoms with Crippen LogP contribution in [0.1, 0.15) is 39.0 Å². The monoisotopic (exact) mass is 534 g/mol. The Kier molecular flexibility index (Phi) is 7.64. The van der Waals surface area contributed by atoms with E-state index in [1.807, 2.05) is 55.5 Å². The molecule has 0 aliphatic carbocycles. The standard InChI is InChI=1S/C33H30N2O5/c1-21-13-17-25(18-14-21)34-33(39)35-29(23-15-19-26(40-2)20-16-23)28(31(36)24-11-7-4-8-12-24)27(30(35)32(37)38)22-9-5-3-6-10-22/h3-20,27-30H,1-2H3,(H,34,39)(H,37,38). The molecule has 1 saturated heterocycles. The predicted molar refractivity (Wildman–Crippen MR) is 153 cm³/mol. The van der Waals surface area contributed by atoms with E-state index in [-0.39, 0.29) is 5.78 Å². The van der Waals surface area contributed by atoms with Crippen LogP contribution in [0.2, 0.25) is 0 Å². The lowest BCUT2D eigenvalue weighted by atomic mass is 9.76. The molecule has 4 aromatic carbocycles. The van der Waals surface area contributed by atoms with Crippen LogP contribution in [-0.2, 0) is 4.79 Å². The van der Waals surface area contributed by atoms with Crippen LogP contribution in [0.15, 0.2) is 109 Å². The largest absolute Gasteiger partial charge is 0.497 e. The number of nitrogens with zero attached hydrogens (tertiary/aromatic N) is 1. The molecular formula is C33H30N2O5. The summed E-state index contributed by atoms with van der Waals surface area (Å²) in [6, 6.07) is 29.5. The molecule has 4 unspecified atom stereocenters. The third-order valence-electron chi connectivity index (χ3n) is 7.46. The molecular weight excluding hydrogens is 504 g/mol. The van der Waals surface area contributed by atoms with Crippen molar-refractivity contribution >= 4 is 23.5 Å². The van der Waals surface area contributed by atoms with Gasteiger partial charge >= 0.3 is 12.0 Å². The lowest BCUT2D eigenvalue weighted by Crippen LogP contribution is -2.45. The number of anilines is 1. The topological polar surface area (TPSA) is 95.9 Å². The number of benzene rings is 4. The minimum absolute atomic E-state index is 0.229. The molecule has 7 nitrogen and oxygen atoms in total. The van der Waals surface area contributed by atoms with Crippen molar-refractivity contribution in [2.24, 2.45) is 5.92 Å². The maximum absolute atomic E-state index is 14.3. The normalized spacial score (nSPS) is 20.1. The highest BCUT2D eigenvalue weighted by atomic mass is 16.5. The lowest BCUT2D eigenvalue weighted by Gasteiger charge is -2.30. The van der Waals surface area contributed by atoms with Crippen LogP contribution in [-0.4, -0.2) is 40.9 Å². The second kappa shape index (κ2) is 11.5. The fourth-order valence-corrected chi connectivity index (χ4v) is 5.60. The highest BCUT2D eigenvalue weighted by molar-refractivity contribution is 6.02. The average Bonchev–Trinajstić information content (AvgIpc) is 3.35. The van der Waals surface area contributed by atoms with Gasteiger partial charge in [0, 0.05) is 17.2 Å². The van der Waals surface area contributed by atoms with Gasteiger partial charge in [-0.25, -0.2) is 9.59 Å². The number of Topliss-reactive ketones (excluding diaryl/α,β-unsaturated/α-hetero) is 1. The number of ketones is 1. The molecule has 2 amide bonds. The molecule has 5 rings (SSSR count). The summed E-state index contributed by atoms with van der Waals surface area (Å²) in [5.41, 5.74) is 3.32. The number of likely N-dealkylation sites (tertiary alicyclic amines) is 1. The van der Waals surface area contributed by atoms with Gasteiger partial charge in [0.15, 0.2) is 5.78 Å². The van der Waals surface area contributed by atoms with Crippen molar-refractivity contribution in [1.82, 2.24) is 4.90 Å². The molecule has 0 bridgehead atoms. The van der Waals surface area contributed by atoms with Gasteiger partial charge in [-0.3, -0.25) is 4.79 Å². The molecule has 4 atom stereocenters. The Hall–Kier alpha value is -4.91. The van der Waals surface area contributed by atoms with Gasteiger partial charge in [-0.15, -0.1) is 0 Å². The zero-order valence-electron chi connectivity index (χ0n) is 22.2. The summed E-state index contributed by atoms with van der Waals surface area (Å²) in [7, 11) is 1.56. The van der Waals surface area contributed by atoms with Crippen LogP contribution >= 0.6 is 0 Å². The van der Waals surface area contributed by atoms with Gasteiger partial charge in [0.25, 0.3) is 0 Å². The molecule has 2 N–H and O–H groups in total. The first kappa shape index (κ1) is 26.7. The van der Waals surface area contributed by atoms with Crippen molar-refractivity contribution in [3.8, 4) is 5.75 Å². The second-order valence-electron chi connectivity index (χ2n) is 9.90. The molecule has 0 saturated carbocycles. The Bertz CT molecular complexity index is 1490. The van der Waals surface area contributed by atoms with Gasteiger partial charge in [0.1, 0.15) is 11.8 Å². The number of carboxylic acids is 1. The highest BCUT2D eigenvalue weighted by Crippen LogP contribution is 2.51. The van der Waals surface area contributed by atoms with E-state index in [2.05, 4.69) is 5.32 Å². The number of carbonyl (C=O) groups excluding carboxylic acids is 2. The van der Waals surface area contributed by atoms with Gasteiger partial charge in [0.2, 0.25) is 0 Å². The summed E-state index contributed by atoms with van der Waals surface area (Å²) < 4.78 is 5.33. The zero-order chi connectivity index (χ0) is 28.2. The third-order valence-corrected chi connectivity index (χ3v) is 7.46. The molecule has 7 heteroatoms. The number of urea groups is 1. The van der Waals surface area contributed by atoms with Crippen LogP contribution in [0, 0.1) is 12.8 Å². The number of methoxy groups -OCH3 is 1. The summed E-state index contributed by atoms with van der Waals surface area (Å²) in [5, 5.41) is 13.5. The summed E-state index contributed by atoms with van der Waals surface area (Å²) in [5.74, 6) is -2.48. The fraction of sp³-hybridized carbons (Fsp3) is 0.182. The predicted octanol–water partition coefficient (Wildman–Crippen LogP) is 6.33. The Morgan fingerprint density at radius 2 is 1.38 bits per heavy atom. The van der Waals surface area contributed by atoms with E-state index in [1.54, 1.807) is 67.8 Å². The number of carboxylic acid groups (broad SMARTS) is 1. The average molecular weight is 535 g/mol. The van der Waals surface area contributed by atoms with Crippen LogP contribution in [0.25, 0.3) is 0 Å². The molecule has 0 radical (unpaired) electrons. The minimum atomic E-state index is -1.31. The van der Waals surface area contributed by atoms with Gasteiger partial charge in [0.05, 0.1) is 19.1 Å². The van der Waals surface area contributed by atoms with E-state index in [9.17, 15) is 19.5 Å². The van der Waals surface area contributed by atoms with E-state index in [4.69, 9.17) is 4.74 Å². The number of nitrogens with one attached hydrogen (secondary N) is 1. The Labute approximate surface area is 233 Å². The van der Waals surface area contributed by atoms with Crippen LogP contribution in [0.4, 0.5) is 10.5 Å². The van der Waals surface area contributed by atoms with Crippen molar-refractivity contribution in [3.05, 3.63) is 131 Å². The van der Waals surface area contributed by atoms with E-state index in [0.29, 0.717) is 28.1 Å². The Morgan fingerprint density at radius 3 is 1.95 bits per heavy atom. The fourth-order valence-electron chi connectivity index (χ4n) is 5.60. The van der Waals surface area contributed by atoms with Gasteiger partial charge in [-0.05, 0) is 42.3 Å². The van der Waals surface area contributed by atoms with Crippen molar-refractivity contribution < 1.29 is 24.2 Å². The molecule has 202 valence electrons. The highest BCUT2D eigenvalue weighted by Gasteiger charge is 2.57. The van der Waals surface area contributed by atoms with Crippen molar-refractivity contribution in [1.29, 1.82) is 0 Å². The molecule has 1 aliphatic heterocycles. The summed E-state index contributed by atoms with van der Waals surface area (Å²) in [6.07, 6.45) is 0. The van der Waals surface area contributed by atoms with E-state index in [1.165, 1.54) is 4.90 Å². The van der Waals surface area contributed by atoms with Gasteiger partial charge < -0.3 is 20.1 Å². The number of aliphatic carboxylic acids is 1. The first-order valence-corrected chi connectivity index (χ1v) is 13.1. The van der Waals surface area contributed by atoms with Crippen molar-refractivity contribution in [2.75, 3.05) is 12.4 Å². The van der Waals surface area contributed by atoms with E-state index in [0.717, 1.165) is 5.56 Å². The second-order valence-corrected chi connectivity index (χ2v) is 9.90. The number of ether oxygens (including phenoxy) is 1. The first-order chi connectivity index (χ1) is 19.4. The molecule has 4 aromatic rings. The van der Waals surface area contributed by atoms with Crippen molar-refractivity contribution in [3.63, 3.8) is 0 Å². The molecule has 1 fully saturated rings. The molecule has 1 aliphatic rings. The quantitative estimate of drug-likeness (QED) is 0.270. The molecule has 40 heavy (non-hydrogen) atoms. The number of carbonyl (C=O) groups is 3. The molecule has 0 aromatic heterocycles. The maximum Gasteiger partial charge on any atom is 0.327 e. The molecule has 1 heterocycles. The summed E-state index contributed by atoms with van der Waals surface area (Å²) in [6.45, 7) is 1.94. The maximum atomic E-state index is 14.3. The summed E-state index contributed by atoms with van der Waals surface area (Å²) >= 11 is 0. The number of hydrogen-bond donors (Lipinski definition) is 2. The molecule has 0 spiro atoms. The van der Waals surface area contributed by atoms with Gasteiger partial charge in [-0.1, -0.05) is 90.5 Å². The van der Waals surface area contributed by atoms with Crippen LogP contribution in [0.3, 0.4) is 0 Å². The van der Waals surface area contributed by atoms with E-state index < -0.39 is 35.9 Å². The van der Waals surface area contributed by atoms with Gasteiger partial charge in [-0.2, -0.15) is 0 Å². The minimum Gasteiger partial charge on any atom is -0.497 e. The number of hydrogen-bond acceptors (Lipinski definition) is 4. The van der Waals surface area contributed by atoms with Crippen molar-refractivity contribution in [2.45, 2.75) is 24.9 Å². The van der Waals surface area contributed by atoms with E-state index >= 15 is 0 Å².